The van der Waals surface area contributed by atoms with Gasteiger partial charge in [0.05, 0.1) is 0 Å². The molecule has 0 unspecified atom stereocenters. The maximum absolute atomic E-state index is 3.48. The van der Waals surface area contributed by atoms with Gasteiger partial charge in [-0.25, -0.2) is 0 Å². The molecular weight excluding hydrogens is 262 g/mol. The van der Waals surface area contributed by atoms with Crippen LogP contribution in [-0.2, 0) is 12.0 Å². The standard InChI is InChI=1S/C18H27NS/c1-7-19-11-16-17(12(2)3)14-10-13(18(4,5)6)8-9-15(14)20-16/h8-10,12,19H,7,11H2,1-6H3. The third kappa shape index (κ3) is 3.07. The summed E-state index contributed by atoms with van der Waals surface area (Å²) in [7, 11) is 0. The molecule has 110 valence electrons. The van der Waals surface area contributed by atoms with E-state index in [1.807, 2.05) is 11.3 Å². The fourth-order valence-electron chi connectivity index (χ4n) is 2.64. The Morgan fingerprint density at radius 2 is 1.90 bits per heavy atom. The zero-order valence-corrected chi connectivity index (χ0v) is 14.4. The van der Waals surface area contributed by atoms with Crippen molar-refractivity contribution in [3.05, 3.63) is 34.2 Å². The largest absolute Gasteiger partial charge is 0.312 e. The lowest BCUT2D eigenvalue weighted by Crippen LogP contribution is -2.12. The lowest BCUT2D eigenvalue weighted by molar-refractivity contribution is 0.591. The van der Waals surface area contributed by atoms with Crippen molar-refractivity contribution in [3.63, 3.8) is 0 Å². The summed E-state index contributed by atoms with van der Waals surface area (Å²) in [6.07, 6.45) is 0. The summed E-state index contributed by atoms with van der Waals surface area (Å²) in [6, 6.07) is 7.01. The van der Waals surface area contributed by atoms with Gasteiger partial charge < -0.3 is 5.32 Å². The van der Waals surface area contributed by atoms with Crippen LogP contribution in [0.5, 0.6) is 0 Å². The quantitative estimate of drug-likeness (QED) is 0.791. The third-order valence-corrected chi connectivity index (χ3v) is 4.97. The molecule has 0 aliphatic heterocycles. The molecule has 0 aliphatic rings. The number of hydrogen-bond acceptors (Lipinski definition) is 2. The Kier molecular flexibility index (Phi) is 4.55. The number of fused-ring (bicyclic) bond motifs is 1. The van der Waals surface area contributed by atoms with Crippen molar-refractivity contribution in [1.82, 2.24) is 5.32 Å². The van der Waals surface area contributed by atoms with Crippen molar-refractivity contribution < 1.29 is 0 Å². The van der Waals surface area contributed by atoms with E-state index in [9.17, 15) is 0 Å². The monoisotopic (exact) mass is 289 g/mol. The maximum Gasteiger partial charge on any atom is 0.0349 e. The minimum Gasteiger partial charge on any atom is -0.312 e. The molecule has 1 N–H and O–H groups in total. The van der Waals surface area contributed by atoms with Crippen LogP contribution < -0.4 is 5.32 Å². The Morgan fingerprint density at radius 1 is 1.20 bits per heavy atom. The average Bonchev–Trinajstić information content (AvgIpc) is 2.72. The summed E-state index contributed by atoms with van der Waals surface area (Å²) in [5.74, 6) is 0.577. The number of hydrogen-bond donors (Lipinski definition) is 1. The van der Waals surface area contributed by atoms with E-state index in [4.69, 9.17) is 0 Å². The van der Waals surface area contributed by atoms with Crippen molar-refractivity contribution in [1.29, 1.82) is 0 Å². The molecule has 2 heteroatoms. The van der Waals surface area contributed by atoms with Gasteiger partial charge in [-0.1, -0.05) is 47.6 Å². The molecule has 0 saturated carbocycles. The van der Waals surface area contributed by atoms with Gasteiger partial charge in [-0.2, -0.15) is 0 Å². The minimum atomic E-state index is 0.214. The van der Waals surface area contributed by atoms with E-state index in [0.717, 1.165) is 13.1 Å². The SMILES string of the molecule is CCNCc1sc2ccc(C(C)(C)C)cc2c1C(C)C. The summed E-state index contributed by atoms with van der Waals surface area (Å²) in [6.45, 7) is 15.7. The molecule has 0 bridgehead atoms. The van der Waals surface area contributed by atoms with Crippen molar-refractivity contribution in [2.45, 2.75) is 59.4 Å². The molecule has 20 heavy (non-hydrogen) atoms. The molecule has 0 fully saturated rings. The van der Waals surface area contributed by atoms with Gasteiger partial charge in [0.2, 0.25) is 0 Å². The van der Waals surface area contributed by atoms with E-state index in [1.165, 1.54) is 26.1 Å². The predicted octanol–water partition coefficient (Wildman–Crippen LogP) is 5.43. The minimum absolute atomic E-state index is 0.214. The highest BCUT2D eigenvalue weighted by Crippen LogP contribution is 2.38. The first-order valence-corrected chi connectivity index (χ1v) is 8.42. The highest BCUT2D eigenvalue weighted by molar-refractivity contribution is 7.19. The fourth-order valence-corrected chi connectivity index (χ4v) is 3.95. The summed E-state index contributed by atoms with van der Waals surface area (Å²) in [5, 5.41) is 4.94. The Labute approximate surface area is 127 Å². The highest BCUT2D eigenvalue weighted by atomic mass is 32.1. The summed E-state index contributed by atoms with van der Waals surface area (Å²) < 4.78 is 1.43. The van der Waals surface area contributed by atoms with Crippen molar-refractivity contribution in [2.24, 2.45) is 0 Å². The first-order chi connectivity index (χ1) is 9.34. The van der Waals surface area contributed by atoms with Gasteiger partial charge in [-0.15, -0.1) is 11.3 Å². The molecule has 2 aromatic rings. The summed E-state index contributed by atoms with van der Waals surface area (Å²) >= 11 is 1.95. The van der Waals surface area contributed by atoms with Gasteiger partial charge in [-0.3, -0.25) is 0 Å². The molecule has 1 aromatic carbocycles. The van der Waals surface area contributed by atoms with Crippen LogP contribution >= 0.6 is 11.3 Å². The molecule has 0 saturated heterocycles. The number of rotatable bonds is 4. The van der Waals surface area contributed by atoms with Gasteiger partial charge in [-0.05, 0) is 46.5 Å². The number of benzene rings is 1. The van der Waals surface area contributed by atoms with Crippen LogP contribution in [0.25, 0.3) is 10.1 Å². The molecule has 0 aliphatic carbocycles. The molecule has 1 aromatic heterocycles. The van der Waals surface area contributed by atoms with E-state index >= 15 is 0 Å². The van der Waals surface area contributed by atoms with E-state index < -0.39 is 0 Å². The number of nitrogens with one attached hydrogen (secondary N) is 1. The maximum atomic E-state index is 3.48. The Balaban J connectivity index is 2.58. The lowest BCUT2D eigenvalue weighted by atomic mass is 9.85. The van der Waals surface area contributed by atoms with Crippen LogP contribution in [0.15, 0.2) is 18.2 Å². The van der Waals surface area contributed by atoms with Crippen molar-refractivity contribution in [3.8, 4) is 0 Å². The first-order valence-electron chi connectivity index (χ1n) is 7.61. The second kappa shape index (κ2) is 5.87. The molecule has 0 atom stereocenters. The Hall–Kier alpha value is -0.860. The molecule has 0 spiro atoms. The van der Waals surface area contributed by atoms with Gasteiger partial charge in [0.25, 0.3) is 0 Å². The van der Waals surface area contributed by atoms with Gasteiger partial charge >= 0.3 is 0 Å². The zero-order chi connectivity index (χ0) is 14.9. The second-order valence-electron chi connectivity index (χ2n) is 6.83. The van der Waals surface area contributed by atoms with E-state index in [1.54, 1.807) is 0 Å². The van der Waals surface area contributed by atoms with Crippen LogP contribution in [-0.4, -0.2) is 6.54 Å². The van der Waals surface area contributed by atoms with Crippen LogP contribution in [0.1, 0.15) is 63.5 Å². The molecule has 1 heterocycles. The lowest BCUT2D eigenvalue weighted by Gasteiger charge is -2.19. The topological polar surface area (TPSA) is 12.0 Å². The van der Waals surface area contributed by atoms with Crippen LogP contribution in [0.4, 0.5) is 0 Å². The Bertz CT molecular complexity index is 587. The average molecular weight is 289 g/mol. The third-order valence-electron chi connectivity index (χ3n) is 3.78. The van der Waals surface area contributed by atoms with Crippen LogP contribution in [0.3, 0.4) is 0 Å². The second-order valence-corrected chi connectivity index (χ2v) is 7.97. The molecule has 1 nitrogen and oxygen atoms in total. The smallest absolute Gasteiger partial charge is 0.0349 e. The van der Waals surface area contributed by atoms with Gasteiger partial charge in [0.15, 0.2) is 0 Å². The van der Waals surface area contributed by atoms with E-state index in [-0.39, 0.29) is 5.41 Å². The molecule has 0 radical (unpaired) electrons. The first kappa shape index (κ1) is 15.5. The summed E-state index contributed by atoms with van der Waals surface area (Å²) in [4.78, 5) is 1.50. The normalized spacial score (nSPS) is 12.6. The molecule has 2 rings (SSSR count). The summed E-state index contributed by atoms with van der Waals surface area (Å²) in [5.41, 5.74) is 3.18. The van der Waals surface area contributed by atoms with Crippen molar-refractivity contribution in [2.75, 3.05) is 6.54 Å². The van der Waals surface area contributed by atoms with Gasteiger partial charge in [0.1, 0.15) is 0 Å². The van der Waals surface area contributed by atoms with E-state index in [0.29, 0.717) is 5.92 Å². The van der Waals surface area contributed by atoms with E-state index in [2.05, 4.69) is 65.1 Å². The number of thiophene rings is 1. The molecule has 0 amide bonds. The van der Waals surface area contributed by atoms with Crippen LogP contribution in [0.2, 0.25) is 0 Å². The highest BCUT2D eigenvalue weighted by Gasteiger charge is 2.19. The predicted molar refractivity (Wildman–Crippen MR) is 92.0 cm³/mol. The van der Waals surface area contributed by atoms with Crippen LogP contribution in [0, 0.1) is 0 Å². The zero-order valence-electron chi connectivity index (χ0n) is 13.6. The Morgan fingerprint density at radius 3 is 2.45 bits per heavy atom. The molecular formula is C18H27NS. The van der Waals surface area contributed by atoms with Crippen molar-refractivity contribution >= 4 is 21.4 Å². The fraction of sp³-hybridized carbons (Fsp3) is 0.556. The van der Waals surface area contributed by atoms with Gasteiger partial charge in [0, 0.05) is 16.1 Å².